The molecule has 1 heterocycles. The molecule has 1 saturated heterocycles. The Morgan fingerprint density at radius 3 is 2.70 bits per heavy atom. The molecule has 2 rings (SSSR count). The fourth-order valence-corrected chi connectivity index (χ4v) is 3.85. The second-order valence-corrected chi connectivity index (χ2v) is 7.63. The van der Waals surface area contributed by atoms with E-state index >= 15 is 0 Å². The molecule has 1 aromatic carbocycles. The van der Waals surface area contributed by atoms with Crippen LogP contribution in [0.15, 0.2) is 30.3 Å². The van der Waals surface area contributed by atoms with E-state index in [4.69, 9.17) is 4.74 Å². The van der Waals surface area contributed by atoms with Gasteiger partial charge in [0.25, 0.3) is 0 Å². The summed E-state index contributed by atoms with van der Waals surface area (Å²) < 4.78 is 5.25. The zero-order valence-electron chi connectivity index (χ0n) is 12.5. The van der Waals surface area contributed by atoms with E-state index in [9.17, 15) is 4.79 Å². The second-order valence-electron chi connectivity index (χ2n) is 5.83. The number of nitrogens with zero attached hydrogens (tertiary/aromatic N) is 1. The van der Waals surface area contributed by atoms with E-state index in [1.807, 2.05) is 42.1 Å². The van der Waals surface area contributed by atoms with Crippen LogP contribution in [0.1, 0.15) is 25.3 Å². The van der Waals surface area contributed by atoms with Gasteiger partial charge >= 0.3 is 5.97 Å². The fraction of sp³-hybridized carbons (Fsp3) is 0.562. The SMILES string of the molecule is COC(=O)C(CN1CCSC(C)(C)C1)c1ccccc1. The van der Waals surface area contributed by atoms with E-state index in [0.717, 1.165) is 31.0 Å². The third-order valence-electron chi connectivity index (χ3n) is 3.63. The smallest absolute Gasteiger partial charge is 0.314 e. The first-order valence-corrected chi connectivity index (χ1v) is 7.99. The number of methoxy groups -OCH3 is 1. The van der Waals surface area contributed by atoms with Crippen molar-refractivity contribution in [1.29, 1.82) is 0 Å². The number of esters is 1. The van der Waals surface area contributed by atoms with Gasteiger partial charge in [0.1, 0.15) is 0 Å². The molecule has 0 N–H and O–H groups in total. The van der Waals surface area contributed by atoms with Crippen molar-refractivity contribution in [3.8, 4) is 0 Å². The predicted octanol–water partition coefficient (Wildman–Crippen LogP) is 2.77. The molecule has 0 aromatic heterocycles. The molecule has 0 bridgehead atoms. The molecule has 0 aliphatic carbocycles. The molecule has 20 heavy (non-hydrogen) atoms. The van der Waals surface area contributed by atoms with Crippen LogP contribution in [0.25, 0.3) is 0 Å². The number of benzene rings is 1. The topological polar surface area (TPSA) is 29.5 Å². The summed E-state index contributed by atoms with van der Waals surface area (Å²) in [5.74, 6) is 0.780. The third kappa shape index (κ3) is 4.00. The largest absolute Gasteiger partial charge is 0.469 e. The molecule has 4 heteroatoms. The summed E-state index contributed by atoms with van der Waals surface area (Å²) in [5, 5.41) is 0. The van der Waals surface area contributed by atoms with Crippen LogP contribution in [0.4, 0.5) is 0 Å². The number of carbonyl (C=O) groups excluding carboxylic acids is 1. The third-order valence-corrected chi connectivity index (χ3v) is 4.93. The van der Waals surface area contributed by atoms with Gasteiger partial charge in [-0.25, -0.2) is 0 Å². The highest BCUT2D eigenvalue weighted by Crippen LogP contribution is 2.31. The molecule has 0 radical (unpaired) electrons. The standard InChI is InChI=1S/C16H23NO2S/c1-16(2)12-17(9-10-20-16)11-14(15(18)19-3)13-7-5-4-6-8-13/h4-8,14H,9-12H2,1-3H3. The maximum Gasteiger partial charge on any atom is 0.314 e. The second kappa shape index (κ2) is 6.64. The number of hydrogen-bond donors (Lipinski definition) is 0. The minimum Gasteiger partial charge on any atom is -0.469 e. The van der Waals surface area contributed by atoms with Crippen molar-refractivity contribution in [1.82, 2.24) is 4.90 Å². The number of thioether (sulfide) groups is 1. The van der Waals surface area contributed by atoms with Gasteiger partial charge in [-0.3, -0.25) is 9.69 Å². The number of ether oxygens (including phenoxy) is 1. The molecular formula is C16H23NO2S. The van der Waals surface area contributed by atoms with Crippen LogP contribution in [0.3, 0.4) is 0 Å². The maximum atomic E-state index is 12.1. The van der Waals surface area contributed by atoms with Crippen LogP contribution in [0, 0.1) is 0 Å². The van der Waals surface area contributed by atoms with Crippen LogP contribution in [-0.2, 0) is 9.53 Å². The van der Waals surface area contributed by atoms with Gasteiger partial charge in [-0.05, 0) is 19.4 Å². The van der Waals surface area contributed by atoms with Crippen LogP contribution >= 0.6 is 11.8 Å². The van der Waals surface area contributed by atoms with Crippen molar-refractivity contribution in [3.05, 3.63) is 35.9 Å². The summed E-state index contributed by atoms with van der Waals surface area (Å²) in [6.45, 7) is 7.31. The monoisotopic (exact) mass is 293 g/mol. The molecular weight excluding hydrogens is 270 g/mol. The highest BCUT2D eigenvalue weighted by atomic mass is 32.2. The molecule has 0 saturated carbocycles. The summed E-state index contributed by atoms with van der Waals surface area (Å²) >= 11 is 2.00. The van der Waals surface area contributed by atoms with Crippen LogP contribution < -0.4 is 0 Å². The van der Waals surface area contributed by atoms with Crippen molar-refractivity contribution in [2.45, 2.75) is 24.5 Å². The lowest BCUT2D eigenvalue weighted by atomic mass is 9.98. The van der Waals surface area contributed by atoms with E-state index in [2.05, 4.69) is 18.7 Å². The Balaban J connectivity index is 2.11. The molecule has 3 nitrogen and oxygen atoms in total. The lowest BCUT2D eigenvalue weighted by Crippen LogP contribution is -2.45. The number of rotatable bonds is 4. The van der Waals surface area contributed by atoms with Gasteiger partial charge in [-0.15, -0.1) is 0 Å². The van der Waals surface area contributed by atoms with Gasteiger partial charge < -0.3 is 4.74 Å². The summed E-state index contributed by atoms with van der Waals surface area (Å²) in [6, 6.07) is 9.93. The molecule has 1 fully saturated rings. The Bertz CT molecular complexity index is 447. The Hall–Kier alpha value is -1.00. The first-order valence-electron chi connectivity index (χ1n) is 7.01. The van der Waals surface area contributed by atoms with Crippen LogP contribution in [0.2, 0.25) is 0 Å². The minimum absolute atomic E-state index is 0.146. The zero-order valence-corrected chi connectivity index (χ0v) is 13.3. The first kappa shape index (κ1) is 15.4. The Kier molecular flexibility index (Phi) is 5.11. The van der Waals surface area contributed by atoms with Gasteiger partial charge in [0.2, 0.25) is 0 Å². The van der Waals surface area contributed by atoms with E-state index in [0.29, 0.717) is 0 Å². The fourth-order valence-electron chi connectivity index (χ4n) is 2.67. The van der Waals surface area contributed by atoms with Gasteiger partial charge in [0.05, 0.1) is 13.0 Å². The van der Waals surface area contributed by atoms with E-state index in [1.54, 1.807) is 0 Å². The van der Waals surface area contributed by atoms with Crippen LogP contribution in [0.5, 0.6) is 0 Å². The van der Waals surface area contributed by atoms with Crippen molar-refractivity contribution in [2.24, 2.45) is 0 Å². The number of carbonyl (C=O) groups is 1. The normalized spacial score (nSPS) is 20.4. The minimum atomic E-state index is -0.194. The molecule has 1 aromatic rings. The average Bonchev–Trinajstić information content (AvgIpc) is 2.44. The quantitative estimate of drug-likeness (QED) is 0.798. The molecule has 1 unspecified atom stereocenters. The highest BCUT2D eigenvalue weighted by molar-refractivity contribution is 8.00. The Morgan fingerprint density at radius 2 is 2.10 bits per heavy atom. The van der Waals surface area contributed by atoms with Gasteiger partial charge in [-0.1, -0.05) is 30.3 Å². The molecule has 0 spiro atoms. The van der Waals surface area contributed by atoms with E-state index < -0.39 is 0 Å². The van der Waals surface area contributed by atoms with Crippen LogP contribution in [-0.4, -0.2) is 48.1 Å². The van der Waals surface area contributed by atoms with E-state index in [-0.39, 0.29) is 16.6 Å². The lowest BCUT2D eigenvalue weighted by molar-refractivity contribution is -0.143. The molecule has 0 amide bonds. The maximum absolute atomic E-state index is 12.1. The first-order chi connectivity index (χ1) is 9.52. The highest BCUT2D eigenvalue weighted by Gasteiger charge is 2.31. The van der Waals surface area contributed by atoms with E-state index in [1.165, 1.54) is 7.11 Å². The molecule has 1 atom stereocenters. The summed E-state index contributed by atoms with van der Waals surface area (Å²) in [5.41, 5.74) is 1.04. The van der Waals surface area contributed by atoms with Crippen molar-refractivity contribution < 1.29 is 9.53 Å². The number of hydrogen-bond acceptors (Lipinski definition) is 4. The zero-order chi connectivity index (χ0) is 14.6. The summed E-state index contributed by atoms with van der Waals surface area (Å²) in [4.78, 5) is 14.5. The predicted molar refractivity (Wildman–Crippen MR) is 84.2 cm³/mol. The van der Waals surface area contributed by atoms with Crippen molar-refractivity contribution in [3.63, 3.8) is 0 Å². The van der Waals surface area contributed by atoms with Gasteiger partial charge in [0.15, 0.2) is 0 Å². The van der Waals surface area contributed by atoms with Gasteiger partial charge in [-0.2, -0.15) is 11.8 Å². The summed E-state index contributed by atoms with van der Waals surface area (Å²) in [6.07, 6.45) is 0. The lowest BCUT2D eigenvalue weighted by Gasteiger charge is -2.38. The Labute approximate surface area is 125 Å². The average molecular weight is 293 g/mol. The van der Waals surface area contributed by atoms with Gasteiger partial charge in [0, 0.05) is 30.1 Å². The summed E-state index contributed by atoms with van der Waals surface area (Å²) in [7, 11) is 1.47. The molecule has 1 aliphatic heterocycles. The molecule has 110 valence electrons. The van der Waals surface area contributed by atoms with Crippen molar-refractivity contribution >= 4 is 17.7 Å². The van der Waals surface area contributed by atoms with Crippen molar-refractivity contribution in [2.75, 3.05) is 32.5 Å². The molecule has 1 aliphatic rings. The Morgan fingerprint density at radius 1 is 1.40 bits per heavy atom.